The molecule has 0 aliphatic heterocycles. The number of rotatable bonds is 6. The van der Waals surface area contributed by atoms with E-state index in [2.05, 4.69) is 4.74 Å². The van der Waals surface area contributed by atoms with E-state index in [0.717, 1.165) is 0 Å². The van der Waals surface area contributed by atoms with E-state index < -0.39 is 35.5 Å². The molecule has 1 N–H and O–H groups in total. The number of halogens is 3. The molecule has 1 unspecified atom stereocenters. The van der Waals surface area contributed by atoms with Gasteiger partial charge in [0.1, 0.15) is 12.4 Å². The van der Waals surface area contributed by atoms with Crippen LogP contribution in [0.1, 0.15) is 19.3 Å². The van der Waals surface area contributed by atoms with Crippen LogP contribution >= 0.6 is 0 Å². The summed E-state index contributed by atoms with van der Waals surface area (Å²) < 4.78 is 44.8. The molecule has 0 aromatic heterocycles. The van der Waals surface area contributed by atoms with Gasteiger partial charge in [-0.2, -0.15) is 0 Å². The minimum Gasteiger partial charge on any atom is -0.463 e. The molecule has 1 aliphatic carbocycles. The van der Waals surface area contributed by atoms with Gasteiger partial charge in [-0.3, -0.25) is 9.59 Å². The number of aliphatic hydroxyl groups is 1. The van der Waals surface area contributed by atoms with Crippen LogP contribution in [0.4, 0.5) is 13.2 Å². The predicted octanol–water partition coefficient (Wildman–Crippen LogP) is 1.69. The van der Waals surface area contributed by atoms with Gasteiger partial charge in [-0.1, -0.05) is 0 Å². The topological polar surface area (TPSA) is 63.6 Å². The summed E-state index contributed by atoms with van der Waals surface area (Å²) in [5, 5.41) is 8.40. The van der Waals surface area contributed by atoms with E-state index in [1.807, 2.05) is 0 Å². The summed E-state index contributed by atoms with van der Waals surface area (Å²) in [5.41, 5.74) is -3.05. The van der Waals surface area contributed by atoms with Crippen molar-refractivity contribution in [1.82, 2.24) is 0 Å². The van der Waals surface area contributed by atoms with Gasteiger partial charge in [-0.15, -0.1) is 0 Å². The number of aliphatic hydroxyl groups excluding tert-OH is 1. The first-order valence-electron chi connectivity index (χ1n) is 5.65. The molecule has 7 heteroatoms. The average Bonchev–Trinajstić information content (AvgIpc) is 2.39. The van der Waals surface area contributed by atoms with Crippen molar-refractivity contribution in [2.24, 2.45) is 0 Å². The zero-order chi connectivity index (χ0) is 14.5. The second kappa shape index (κ2) is 6.51. The summed E-state index contributed by atoms with van der Waals surface area (Å²) in [6, 6.07) is 0. The van der Waals surface area contributed by atoms with Gasteiger partial charge < -0.3 is 9.84 Å². The molecule has 0 bridgehead atoms. The zero-order valence-corrected chi connectivity index (χ0v) is 10.00. The number of ketones is 1. The molecule has 0 spiro atoms. The van der Waals surface area contributed by atoms with Crippen molar-refractivity contribution in [2.45, 2.75) is 24.9 Å². The maximum atomic E-state index is 14.0. The molecule has 0 saturated carbocycles. The molecule has 0 heterocycles. The monoisotopic (exact) mass is 278 g/mol. The normalized spacial score (nSPS) is 22.8. The van der Waals surface area contributed by atoms with Crippen LogP contribution in [-0.4, -0.2) is 35.7 Å². The predicted molar refractivity (Wildman–Crippen MR) is 59.1 cm³/mol. The quantitative estimate of drug-likeness (QED) is 0.751. The number of carbonyl (C=O) groups is 2. The van der Waals surface area contributed by atoms with Crippen LogP contribution in [0.25, 0.3) is 0 Å². The summed E-state index contributed by atoms with van der Waals surface area (Å²) in [7, 11) is 0. The summed E-state index contributed by atoms with van der Waals surface area (Å²) in [6.07, 6.45) is 0.0358. The number of hydrogen-bond acceptors (Lipinski definition) is 4. The minimum absolute atomic E-state index is 0.180. The van der Waals surface area contributed by atoms with Gasteiger partial charge in [0.05, 0.1) is 6.61 Å². The summed E-state index contributed by atoms with van der Waals surface area (Å²) in [6.45, 7) is -0.533. The number of alkyl halides is 1. The highest BCUT2D eigenvalue weighted by Crippen LogP contribution is 2.36. The maximum Gasteiger partial charge on any atom is 0.305 e. The maximum absolute atomic E-state index is 14.0. The third kappa shape index (κ3) is 3.66. The Morgan fingerprint density at radius 1 is 1.37 bits per heavy atom. The van der Waals surface area contributed by atoms with Crippen LogP contribution in [0.15, 0.2) is 23.8 Å². The number of ether oxygens (including phenoxy) is 1. The average molecular weight is 278 g/mol. The molecule has 0 fully saturated rings. The van der Waals surface area contributed by atoms with Gasteiger partial charge in [0.15, 0.2) is 5.83 Å². The van der Waals surface area contributed by atoms with Crippen molar-refractivity contribution in [3.05, 3.63) is 23.8 Å². The smallest absolute Gasteiger partial charge is 0.305 e. The third-order valence-electron chi connectivity index (χ3n) is 2.59. The van der Waals surface area contributed by atoms with Crippen LogP contribution in [0.3, 0.4) is 0 Å². The second-order valence-corrected chi connectivity index (χ2v) is 3.96. The number of hydrogen-bond donors (Lipinski definition) is 1. The molecule has 1 aliphatic rings. The third-order valence-corrected chi connectivity index (χ3v) is 2.59. The van der Waals surface area contributed by atoms with E-state index in [1.165, 1.54) is 0 Å². The number of esters is 1. The van der Waals surface area contributed by atoms with Crippen LogP contribution in [0.5, 0.6) is 0 Å². The van der Waals surface area contributed by atoms with Crippen molar-refractivity contribution >= 4 is 11.8 Å². The molecule has 0 aromatic rings. The highest BCUT2D eigenvalue weighted by molar-refractivity contribution is 6.03. The lowest BCUT2D eigenvalue weighted by atomic mass is 9.88. The van der Waals surface area contributed by atoms with E-state index in [-0.39, 0.29) is 26.1 Å². The molecule has 0 saturated heterocycles. The lowest BCUT2D eigenvalue weighted by Crippen LogP contribution is -2.37. The standard InChI is InChI=1S/C12H13F3O4/c13-8-3-4-9(14)12(15,11(8)18)5-1-2-10(17)19-7-6-16/h3-4,16H,1-2,5-7H2. The van der Waals surface area contributed by atoms with Crippen molar-refractivity contribution in [3.63, 3.8) is 0 Å². The molecule has 1 atom stereocenters. The lowest BCUT2D eigenvalue weighted by molar-refractivity contribution is -0.145. The number of Topliss-reactive ketones (excluding diaryl/α,β-unsaturated/α-hetero) is 1. The van der Waals surface area contributed by atoms with Crippen molar-refractivity contribution in [3.8, 4) is 0 Å². The molecule has 0 amide bonds. The second-order valence-electron chi connectivity index (χ2n) is 3.96. The Bertz CT molecular complexity index is 427. The summed E-state index contributed by atoms with van der Waals surface area (Å²) in [4.78, 5) is 22.3. The van der Waals surface area contributed by atoms with E-state index >= 15 is 0 Å². The Hall–Kier alpha value is -1.63. The fourth-order valence-electron chi connectivity index (χ4n) is 1.59. The van der Waals surface area contributed by atoms with Crippen molar-refractivity contribution < 1.29 is 32.6 Å². The zero-order valence-electron chi connectivity index (χ0n) is 10.00. The molecule has 19 heavy (non-hydrogen) atoms. The fraction of sp³-hybridized carbons (Fsp3) is 0.500. The highest BCUT2D eigenvalue weighted by Gasteiger charge is 2.46. The number of allylic oxidation sites excluding steroid dienone is 4. The van der Waals surface area contributed by atoms with Crippen LogP contribution in [0, 0.1) is 0 Å². The minimum atomic E-state index is -3.05. The first-order chi connectivity index (χ1) is 8.91. The Balaban J connectivity index is 2.52. The molecular weight excluding hydrogens is 265 g/mol. The van der Waals surface area contributed by atoms with E-state index in [1.54, 1.807) is 0 Å². The molecular formula is C12H13F3O4. The van der Waals surface area contributed by atoms with Gasteiger partial charge in [-0.05, 0) is 25.0 Å². The van der Waals surface area contributed by atoms with Crippen molar-refractivity contribution in [2.75, 3.05) is 13.2 Å². The van der Waals surface area contributed by atoms with Gasteiger partial charge in [0.2, 0.25) is 11.5 Å². The SMILES string of the molecule is O=C(CCCC1(F)C(=O)C(F)=CC=C1F)OCCO. The van der Waals surface area contributed by atoms with E-state index in [0.29, 0.717) is 12.2 Å². The summed E-state index contributed by atoms with van der Waals surface area (Å²) in [5.74, 6) is -5.01. The first kappa shape index (κ1) is 15.4. The van der Waals surface area contributed by atoms with Gasteiger partial charge >= 0.3 is 5.97 Å². The van der Waals surface area contributed by atoms with E-state index in [9.17, 15) is 22.8 Å². The van der Waals surface area contributed by atoms with Crippen LogP contribution in [-0.2, 0) is 14.3 Å². The molecule has 106 valence electrons. The van der Waals surface area contributed by atoms with Crippen LogP contribution < -0.4 is 0 Å². The van der Waals surface area contributed by atoms with Gasteiger partial charge in [0.25, 0.3) is 0 Å². The van der Waals surface area contributed by atoms with Crippen molar-refractivity contribution in [1.29, 1.82) is 0 Å². The van der Waals surface area contributed by atoms with Gasteiger partial charge in [0, 0.05) is 6.42 Å². The molecule has 4 nitrogen and oxygen atoms in total. The molecule has 1 rings (SSSR count). The largest absolute Gasteiger partial charge is 0.463 e. The first-order valence-corrected chi connectivity index (χ1v) is 5.65. The van der Waals surface area contributed by atoms with E-state index in [4.69, 9.17) is 5.11 Å². The fourth-order valence-corrected chi connectivity index (χ4v) is 1.59. The molecule has 0 radical (unpaired) electrons. The lowest BCUT2D eigenvalue weighted by Gasteiger charge is -2.23. The Morgan fingerprint density at radius 2 is 2.05 bits per heavy atom. The Kier molecular flexibility index (Phi) is 5.29. The highest BCUT2D eigenvalue weighted by atomic mass is 19.2. The Labute approximate surface area is 107 Å². The Morgan fingerprint density at radius 3 is 2.68 bits per heavy atom. The number of carbonyl (C=O) groups excluding carboxylic acids is 2. The molecule has 0 aromatic carbocycles. The summed E-state index contributed by atoms with van der Waals surface area (Å²) >= 11 is 0. The van der Waals surface area contributed by atoms with Gasteiger partial charge in [-0.25, -0.2) is 13.2 Å². The van der Waals surface area contributed by atoms with Crippen LogP contribution in [0.2, 0.25) is 0 Å².